The first-order valence-corrected chi connectivity index (χ1v) is 10.3. The Kier molecular flexibility index (Phi) is 8.37. The van der Waals surface area contributed by atoms with Gasteiger partial charge in [-0.3, -0.25) is 9.59 Å². The third-order valence-corrected chi connectivity index (χ3v) is 5.89. The van der Waals surface area contributed by atoms with Gasteiger partial charge in [-0.15, -0.1) is 0 Å². The van der Waals surface area contributed by atoms with Gasteiger partial charge < -0.3 is 19.7 Å². The van der Waals surface area contributed by atoms with Gasteiger partial charge in [-0.1, -0.05) is 43.0 Å². The van der Waals surface area contributed by atoms with Crippen LogP contribution in [-0.2, 0) is 14.3 Å². The average Bonchev–Trinajstić information content (AvgIpc) is 2.67. The van der Waals surface area contributed by atoms with Crippen LogP contribution in [0.15, 0.2) is 24.3 Å². The highest BCUT2D eigenvalue weighted by atomic mass is 32.2. The van der Waals surface area contributed by atoms with Crippen molar-refractivity contribution in [3.63, 3.8) is 0 Å². The number of carbonyl (C=O) groups is 2. The second kappa shape index (κ2) is 10.5. The number of hydrogen-bond donors (Lipinski definition) is 1. The fourth-order valence-corrected chi connectivity index (χ4v) is 3.70. The first-order chi connectivity index (χ1) is 12.9. The summed E-state index contributed by atoms with van der Waals surface area (Å²) in [4.78, 5) is 26.4. The summed E-state index contributed by atoms with van der Waals surface area (Å²) in [6.07, 6.45) is 1.32. The molecular formula is C19H26N2O4S2. The summed E-state index contributed by atoms with van der Waals surface area (Å²) in [6, 6.07) is 7.05. The molecule has 1 aromatic carbocycles. The third-order valence-electron chi connectivity index (χ3n) is 4.40. The molecular weight excluding hydrogens is 384 g/mol. The zero-order chi connectivity index (χ0) is 19.8. The van der Waals surface area contributed by atoms with Crippen molar-refractivity contribution in [1.29, 1.82) is 0 Å². The molecule has 27 heavy (non-hydrogen) atoms. The molecule has 8 heteroatoms. The maximum Gasteiger partial charge on any atom is 0.317 e. The van der Waals surface area contributed by atoms with Gasteiger partial charge in [-0.2, -0.15) is 0 Å². The normalized spacial score (nSPS) is 15.7. The summed E-state index contributed by atoms with van der Waals surface area (Å²) in [5.41, 5.74) is 0.530. The summed E-state index contributed by atoms with van der Waals surface area (Å²) < 4.78 is 11.1. The van der Waals surface area contributed by atoms with Gasteiger partial charge >= 0.3 is 5.97 Å². The van der Waals surface area contributed by atoms with Gasteiger partial charge in [-0.25, -0.2) is 0 Å². The standard InChI is InChI=1S/C19H26N2O4S2/c1-13-8-10-21(11-9-13)19(26)27-12-17(22)25-14(2)18(23)20-15-6-4-5-7-16(15)24-3/h4-7,13-14H,8-12H2,1-3H3,(H,20,23)/t14-/m0/s1. The number of carbonyl (C=O) groups excluding carboxylic acids is 2. The molecule has 0 aliphatic carbocycles. The van der Waals surface area contributed by atoms with E-state index >= 15 is 0 Å². The Bertz CT molecular complexity index is 675. The molecule has 0 saturated carbocycles. The van der Waals surface area contributed by atoms with Crippen molar-refractivity contribution in [3.05, 3.63) is 24.3 Å². The maximum atomic E-state index is 12.2. The number of piperidine rings is 1. The zero-order valence-electron chi connectivity index (χ0n) is 15.9. The van der Waals surface area contributed by atoms with E-state index in [1.165, 1.54) is 25.8 Å². The molecule has 1 N–H and O–H groups in total. The Hall–Kier alpha value is -1.80. The van der Waals surface area contributed by atoms with E-state index in [-0.39, 0.29) is 5.75 Å². The number of thioether (sulfide) groups is 1. The lowest BCUT2D eigenvalue weighted by molar-refractivity contribution is -0.150. The molecule has 1 saturated heterocycles. The van der Waals surface area contributed by atoms with E-state index in [4.69, 9.17) is 21.7 Å². The van der Waals surface area contributed by atoms with Crippen LogP contribution in [0.25, 0.3) is 0 Å². The smallest absolute Gasteiger partial charge is 0.317 e. The molecule has 148 valence electrons. The molecule has 1 atom stereocenters. The van der Waals surface area contributed by atoms with Crippen LogP contribution in [0, 0.1) is 5.92 Å². The van der Waals surface area contributed by atoms with Crippen molar-refractivity contribution in [2.24, 2.45) is 5.92 Å². The number of esters is 1. The molecule has 0 unspecified atom stereocenters. The fraction of sp³-hybridized carbons (Fsp3) is 0.526. The predicted octanol–water partition coefficient (Wildman–Crippen LogP) is 3.32. The van der Waals surface area contributed by atoms with E-state index in [0.29, 0.717) is 15.8 Å². The van der Waals surface area contributed by atoms with Gasteiger partial charge in [0.05, 0.1) is 18.6 Å². The van der Waals surface area contributed by atoms with E-state index < -0.39 is 18.0 Å². The first kappa shape index (κ1) is 21.5. The summed E-state index contributed by atoms with van der Waals surface area (Å²) in [5, 5.41) is 2.71. The topological polar surface area (TPSA) is 67.9 Å². The molecule has 0 radical (unpaired) electrons. The van der Waals surface area contributed by atoms with Crippen molar-refractivity contribution in [2.75, 3.05) is 31.3 Å². The number of ether oxygens (including phenoxy) is 2. The Morgan fingerprint density at radius 2 is 2.00 bits per heavy atom. The minimum Gasteiger partial charge on any atom is -0.495 e. The highest BCUT2D eigenvalue weighted by Crippen LogP contribution is 2.23. The lowest BCUT2D eigenvalue weighted by Gasteiger charge is -2.31. The SMILES string of the molecule is COc1ccccc1NC(=O)[C@H](C)OC(=O)CSC(=S)N1CCC(C)CC1. The molecule has 1 amide bonds. The first-order valence-electron chi connectivity index (χ1n) is 8.95. The second-order valence-electron chi connectivity index (χ2n) is 6.55. The number of benzene rings is 1. The van der Waals surface area contributed by atoms with Gasteiger partial charge in [0.1, 0.15) is 10.1 Å². The molecule has 0 spiro atoms. The van der Waals surface area contributed by atoms with Crippen LogP contribution in [0.3, 0.4) is 0 Å². The number of para-hydroxylation sites is 2. The van der Waals surface area contributed by atoms with Crippen LogP contribution in [0.2, 0.25) is 0 Å². The monoisotopic (exact) mass is 410 g/mol. The number of nitrogens with one attached hydrogen (secondary N) is 1. The van der Waals surface area contributed by atoms with E-state index in [1.54, 1.807) is 24.3 Å². The van der Waals surface area contributed by atoms with Crippen LogP contribution in [0.5, 0.6) is 5.75 Å². The van der Waals surface area contributed by atoms with E-state index in [9.17, 15) is 9.59 Å². The van der Waals surface area contributed by atoms with E-state index in [1.807, 2.05) is 0 Å². The highest BCUT2D eigenvalue weighted by molar-refractivity contribution is 8.23. The number of hydrogen-bond acceptors (Lipinski definition) is 6. The van der Waals surface area contributed by atoms with E-state index in [0.717, 1.165) is 31.8 Å². The maximum absolute atomic E-state index is 12.2. The number of methoxy groups -OCH3 is 1. The third kappa shape index (κ3) is 6.70. The van der Waals surface area contributed by atoms with Gasteiger partial charge in [0, 0.05) is 13.1 Å². The second-order valence-corrected chi connectivity index (χ2v) is 8.15. The zero-order valence-corrected chi connectivity index (χ0v) is 17.5. The Morgan fingerprint density at radius 3 is 2.67 bits per heavy atom. The van der Waals surface area contributed by atoms with Crippen LogP contribution in [0.1, 0.15) is 26.7 Å². The van der Waals surface area contributed by atoms with E-state index in [2.05, 4.69) is 17.1 Å². The summed E-state index contributed by atoms with van der Waals surface area (Å²) in [6.45, 7) is 5.64. The molecule has 2 rings (SSSR count). The quantitative estimate of drug-likeness (QED) is 0.570. The molecule has 1 fully saturated rings. The Balaban J connectivity index is 1.76. The summed E-state index contributed by atoms with van der Waals surface area (Å²) in [7, 11) is 1.53. The van der Waals surface area contributed by atoms with Crippen molar-refractivity contribution in [2.45, 2.75) is 32.8 Å². The molecule has 0 bridgehead atoms. The molecule has 1 aliphatic rings. The van der Waals surface area contributed by atoms with Crippen molar-refractivity contribution >= 4 is 45.9 Å². The molecule has 1 heterocycles. The number of anilines is 1. The van der Waals surface area contributed by atoms with Gasteiger partial charge in [0.2, 0.25) is 0 Å². The van der Waals surface area contributed by atoms with Crippen LogP contribution >= 0.6 is 24.0 Å². The van der Waals surface area contributed by atoms with Crippen LogP contribution < -0.4 is 10.1 Å². The minimum atomic E-state index is -0.910. The number of rotatable bonds is 6. The Labute approximate surface area is 170 Å². The van der Waals surface area contributed by atoms with Crippen molar-refractivity contribution < 1.29 is 19.1 Å². The van der Waals surface area contributed by atoms with Gasteiger partial charge in [-0.05, 0) is 37.8 Å². The number of likely N-dealkylation sites (tertiary alicyclic amines) is 1. The highest BCUT2D eigenvalue weighted by Gasteiger charge is 2.22. The Morgan fingerprint density at radius 1 is 1.33 bits per heavy atom. The average molecular weight is 411 g/mol. The lowest BCUT2D eigenvalue weighted by atomic mass is 10.00. The number of nitrogens with zero attached hydrogens (tertiary/aromatic N) is 1. The van der Waals surface area contributed by atoms with Gasteiger partial charge in [0.25, 0.3) is 5.91 Å². The number of amides is 1. The van der Waals surface area contributed by atoms with Crippen LogP contribution in [0.4, 0.5) is 5.69 Å². The summed E-state index contributed by atoms with van der Waals surface area (Å²) in [5.74, 6) is 0.487. The van der Waals surface area contributed by atoms with Gasteiger partial charge in [0.15, 0.2) is 6.10 Å². The van der Waals surface area contributed by atoms with Crippen molar-refractivity contribution in [1.82, 2.24) is 4.90 Å². The minimum absolute atomic E-state index is 0.0944. The lowest BCUT2D eigenvalue weighted by Crippen LogP contribution is -2.36. The fourth-order valence-electron chi connectivity index (χ4n) is 2.67. The molecule has 1 aromatic rings. The van der Waals surface area contributed by atoms with Crippen LogP contribution in [-0.4, -0.2) is 53.2 Å². The largest absolute Gasteiger partial charge is 0.495 e. The molecule has 1 aliphatic heterocycles. The molecule has 6 nitrogen and oxygen atoms in total. The molecule has 0 aromatic heterocycles. The summed E-state index contributed by atoms with van der Waals surface area (Å²) >= 11 is 6.69. The predicted molar refractivity (Wildman–Crippen MR) is 112 cm³/mol. The number of thiocarbonyl (C=S) groups is 1. The van der Waals surface area contributed by atoms with Crippen molar-refractivity contribution in [3.8, 4) is 5.75 Å².